The van der Waals surface area contributed by atoms with Gasteiger partial charge in [-0.05, 0) is 0 Å². The standard InChI is InChI=1S/C7H7ClF3NO3/c1-2-6(8)12-4(7(9,10)11)3(15-6)5(13)14/h12H,2H2,1H3,(H,13,14). The Kier molecular flexibility index (Phi) is 2.77. The minimum absolute atomic E-state index is 0.0229. The third-order valence-corrected chi connectivity index (χ3v) is 2.17. The van der Waals surface area contributed by atoms with Crippen molar-refractivity contribution in [1.29, 1.82) is 0 Å². The molecule has 0 amide bonds. The van der Waals surface area contributed by atoms with Crippen LogP contribution in [0.2, 0.25) is 0 Å². The Labute approximate surface area is 87.7 Å². The van der Waals surface area contributed by atoms with E-state index in [1.165, 1.54) is 6.92 Å². The van der Waals surface area contributed by atoms with E-state index in [0.717, 1.165) is 0 Å². The number of carboxylic acids is 1. The van der Waals surface area contributed by atoms with Gasteiger partial charge in [-0.2, -0.15) is 13.2 Å². The maximum Gasteiger partial charge on any atom is 0.435 e. The number of hydrogen-bond acceptors (Lipinski definition) is 3. The van der Waals surface area contributed by atoms with Crippen LogP contribution in [0.25, 0.3) is 0 Å². The normalized spacial score (nSPS) is 26.2. The van der Waals surface area contributed by atoms with Crippen LogP contribution in [0.15, 0.2) is 11.5 Å². The quantitative estimate of drug-likeness (QED) is 0.575. The molecule has 1 atom stereocenters. The van der Waals surface area contributed by atoms with Gasteiger partial charge in [-0.3, -0.25) is 0 Å². The van der Waals surface area contributed by atoms with E-state index in [4.69, 9.17) is 16.7 Å². The molecule has 0 aromatic heterocycles. The van der Waals surface area contributed by atoms with Crippen molar-refractivity contribution < 1.29 is 27.8 Å². The Balaban J connectivity index is 3.08. The van der Waals surface area contributed by atoms with Gasteiger partial charge in [0, 0.05) is 6.42 Å². The zero-order valence-corrected chi connectivity index (χ0v) is 8.24. The van der Waals surface area contributed by atoms with Crippen molar-refractivity contribution in [3.8, 4) is 0 Å². The lowest BCUT2D eigenvalue weighted by atomic mass is 10.3. The number of nitrogens with one attached hydrogen (secondary N) is 1. The fourth-order valence-corrected chi connectivity index (χ4v) is 1.16. The summed E-state index contributed by atoms with van der Waals surface area (Å²) in [5, 5.41) is 8.46. The van der Waals surface area contributed by atoms with Crippen LogP contribution in [0.1, 0.15) is 13.3 Å². The second kappa shape index (κ2) is 3.48. The summed E-state index contributed by atoms with van der Waals surface area (Å²) in [5.74, 6) is -3.02. The summed E-state index contributed by atoms with van der Waals surface area (Å²) >= 11 is 5.56. The molecule has 0 bridgehead atoms. The Bertz CT molecular complexity index is 328. The van der Waals surface area contributed by atoms with Gasteiger partial charge in [0.15, 0.2) is 5.70 Å². The van der Waals surface area contributed by atoms with Crippen molar-refractivity contribution in [2.24, 2.45) is 0 Å². The summed E-state index contributed by atoms with van der Waals surface area (Å²) in [6.45, 7) is 1.46. The molecule has 0 saturated heterocycles. The number of ether oxygens (including phenoxy) is 1. The minimum atomic E-state index is -4.83. The lowest BCUT2D eigenvalue weighted by Crippen LogP contribution is -2.38. The number of hydrogen-bond donors (Lipinski definition) is 2. The van der Waals surface area contributed by atoms with Crippen molar-refractivity contribution >= 4 is 17.6 Å². The molecule has 86 valence electrons. The largest absolute Gasteiger partial charge is 0.475 e. The average molecular weight is 246 g/mol. The molecule has 0 saturated carbocycles. The van der Waals surface area contributed by atoms with Crippen molar-refractivity contribution in [1.82, 2.24) is 5.32 Å². The van der Waals surface area contributed by atoms with E-state index >= 15 is 0 Å². The van der Waals surface area contributed by atoms with Crippen molar-refractivity contribution in [3.63, 3.8) is 0 Å². The summed E-state index contributed by atoms with van der Waals surface area (Å²) in [7, 11) is 0. The molecule has 0 radical (unpaired) electrons. The van der Waals surface area contributed by atoms with Gasteiger partial charge in [0.25, 0.3) is 5.18 Å². The molecule has 8 heteroatoms. The highest BCUT2D eigenvalue weighted by molar-refractivity contribution is 6.23. The first-order chi connectivity index (χ1) is 6.69. The molecular weight excluding hydrogens is 239 g/mol. The van der Waals surface area contributed by atoms with E-state index in [-0.39, 0.29) is 6.42 Å². The van der Waals surface area contributed by atoms with Crippen LogP contribution >= 0.6 is 11.6 Å². The lowest BCUT2D eigenvalue weighted by Gasteiger charge is -2.20. The lowest BCUT2D eigenvalue weighted by molar-refractivity contribution is -0.138. The average Bonchev–Trinajstić information content (AvgIpc) is 2.44. The van der Waals surface area contributed by atoms with E-state index < -0.39 is 28.8 Å². The predicted molar refractivity (Wildman–Crippen MR) is 43.8 cm³/mol. The molecular formula is C7H7ClF3NO3. The van der Waals surface area contributed by atoms with Gasteiger partial charge < -0.3 is 15.2 Å². The summed E-state index contributed by atoms with van der Waals surface area (Å²) in [4.78, 5) is 10.5. The van der Waals surface area contributed by atoms with Crippen LogP contribution in [-0.4, -0.2) is 22.4 Å². The van der Waals surface area contributed by atoms with E-state index in [9.17, 15) is 18.0 Å². The smallest absolute Gasteiger partial charge is 0.435 e. The summed E-state index contributed by atoms with van der Waals surface area (Å²) < 4.78 is 41.5. The van der Waals surface area contributed by atoms with Crippen molar-refractivity contribution in [3.05, 3.63) is 11.5 Å². The molecule has 4 nitrogen and oxygen atoms in total. The van der Waals surface area contributed by atoms with Crippen molar-refractivity contribution in [2.45, 2.75) is 24.7 Å². The monoisotopic (exact) mass is 245 g/mol. The van der Waals surface area contributed by atoms with Gasteiger partial charge in [-0.1, -0.05) is 18.5 Å². The first-order valence-corrected chi connectivity index (χ1v) is 4.28. The highest BCUT2D eigenvalue weighted by Crippen LogP contribution is 2.38. The maximum absolute atomic E-state index is 12.3. The molecule has 0 fully saturated rings. The van der Waals surface area contributed by atoms with Gasteiger partial charge in [-0.15, -0.1) is 0 Å². The van der Waals surface area contributed by atoms with Gasteiger partial charge in [-0.25, -0.2) is 4.79 Å². The van der Waals surface area contributed by atoms with Gasteiger partial charge in [0.2, 0.25) is 5.76 Å². The highest BCUT2D eigenvalue weighted by atomic mass is 35.5. The molecule has 15 heavy (non-hydrogen) atoms. The number of halogens is 4. The summed E-state index contributed by atoms with van der Waals surface area (Å²) in [6, 6.07) is 0. The zero-order chi connectivity index (χ0) is 11.9. The van der Waals surface area contributed by atoms with E-state index in [0.29, 0.717) is 0 Å². The minimum Gasteiger partial charge on any atom is -0.475 e. The number of carbonyl (C=O) groups is 1. The summed E-state index contributed by atoms with van der Waals surface area (Å²) in [6.07, 6.45) is -4.86. The highest BCUT2D eigenvalue weighted by Gasteiger charge is 2.50. The molecule has 1 aliphatic rings. The summed E-state index contributed by atoms with van der Waals surface area (Å²) in [5.41, 5.74) is -1.47. The Morgan fingerprint density at radius 2 is 2.20 bits per heavy atom. The third kappa shape index (κ3) is 2.28. The number of carboxylic acid groups (broad SMARTS) is 1. The molecule has 0 aliphatic carbocycles. The van der Waals surface area contributed by atoms with Gasteiger partial charge >= 0.3 is 12.1 Å². The SMILES string of the molecule is CCC1(Cl)NC(C(F)(F)F)=C(C(=O)O)O1. The van der Waals surface area contributed by atoms with Gasteiger partial charge in [0.05, 0.1) is 0 Å². The number of alkyl halides is 4. The van der Waals surface area contributed by atoms with Crippen LogP contribution < -0.4 is 5.32 Å². The molecule has 0 aromatic carbocycles. The zero-order valence-electron chi connectivity index (χ0n) is 7.48. The van der Waals surface area contributed by atoms with Crippen LogP contribution in [0, 0.1) is 0 Å². The molecule has 1 rings (SSSR count). The molecule has 0 aromatic rings. The number of allylic oxidation sites excluding steroid dienone is 1. The molecule has 1 heterocycles. The molecule has 1 unspecified atom stereocenters. The van der Waals surface area contributed by atoms with Crippen LogP contribution in [0.4, 0.5) is 13.2 Å². The second-order valence-electron chi connectivity index (χ2n) is 2.82. The topological polar surface area (TPSA) is 58.6 Å². The van der Waals surface area contributed by atoms with Crippen LogP contribution in [0.3, 0.4) is 0 Å². The third-order valence-electron chi connectivity index (χ3n) is 1.74. The Hall–Kier alpha value is -1.11. The first-order valence-electron chi connectivity index (χ1n) is 3.90. The Morgan fingerprint density at radius 1 is 1.67 bits per heavy atom. The van der Waals surface area contributed by atoms with Crippen molar-refractivity contribution in [2.75, 3.05) is 0 Å². The van der Waals surface area contributed by atoms with E-state index in [1.54, 1.807) is 5.32 Å². The van der Waals surface area contributed by atoms with E-state index in [2.05, 4.69) is 4.74 Å². The molecule has 1 aliphatic heterocycles. The Morgan fingerprint density at radius 3 is 2.47 bits per heavy atom. The van der Waals surface area contributed by atoms with Crippen LogP contribution in [-0.2, 0) is 9.53 Å². The predicted octanol–water partition coefficient (Wildman–Crippen LogP) is 1.77. The van der Waals surface area contributed by atoms with E-state index in [1.807, 2.05) is 0 Å². The maximum atomic E-state index is 12.3. The fourth-order valence-electron chi connectivity index (χ4n) is 0.992. The first kappa shape index (κ1) is 12.0. The number of aliphatic carboxylic acids is 1. The van der Waals surface area contributed by atoms with Crippen LogP contribution in [0.5, 0.6) is 0 Å². The molecule has 2 N–H and O–H groups in total. The fraction of sp³-hybridized carbons (Fsp3) is 0.571. The molecule has 0 spiro atoms. The number of rotatable bonds is 2. The second-order valence-corrected chi connectivity index (χ2v) is 3.43. The van der Waals surface area contributed by atoms with Gasteiger partial charge in [0.1, 0.15) is 0 Å².